The predicted octanol–water partition coefficient (Wildman–Crippen LogP) is 4.71. The van der Waals surface area contributed by atoms with E-state index in [9.17, 15) is 23.1 Å². The Bertz CT molecular complexity index is 1260. The average Bonchev–Trinajstić information content (AvgIpc) is 3.32. The third kappa shape index (κ3) is 4.03. The summed E-state index contributed by atoms with van der Waals surface area (Å²) in [4.78, 5) is 21.4. The predicted molar refractivity (Wildman–Crippen MR) is 134 cm³/mol. The lowest BCUT2D eigenvalue weighted by Gasteiger charge is -2.63. The molecule has 0 radical (unpaired) electrons. The molecule has 0 unspecified atom stereocenters. The van der Waals surface area contributed by atoms with Gasteiger partial charge in [0, 0.05) is 41.9 Å². The molecule has 7 rings (SSSR count). The van der Waals surface area contributed by atoms with Gasteiger partial charge < -0.3 is 14.9 Å². The monoisotopic (exact) mass is 547 g/mol. The van der Waals surface area contributed by atoms with E-state index in [1.165, 1.54) is 6.07 Å². The van der Waals surface area contributed by atoms with Gasteiger partial charge in [-0.15, -0.1) is 11.8 Å². The maximum atomic E-state index is 13.4. The fourth-order valence-electron chi connectivity index (χ4n) is 7.39. The topological polar surface area (TPSA) is 74.5 Å². The fraction of sp³-hybridized carbons (Fsp3) is 0.667. The Morgan fingerprint density at radius 2 is 1.71 bits per heavy atom. The lowest BCUT2D eigenvalue weighted by molar-refractivity contribution is -0.139. The number of hydrogen-bond donors (Lipinski definition) is 1. The first-order valence-electron chi connectivity index (χ1n) is 13.4. The molecule has 0 bridgehead atoms. The van der Waals surface area contributed by atoms with Crippen molar-refractivity contribution in [2.75, 3.05) is 32.4 Å². The van der Waals surface area contributed by atoms with Gasteiger partial charge in [0.15, 0.2) is 5.82 Å². The van der Waals surface area contributed by atoms with Crippen LogP contribution in [-0.2, 0) is 18.2 Å². The summed E-state index contributed by atoms with van der Waals surface area (Å²) in [5, 5.41) is 14.7. The van der Waals surface area contributed by atoms with Crippen LogP contribution in [-0.4, -0.2) is 68.1 Å². The zero-order valence-electron chi connectivity index (χ0n) is 21.4. The number of aliphatic hydroxyl groups is 1. The molecule has 2 saturated heterocycles. The number of carbonyl (C=O) groups excluding carboxylic acids is 1. The van der Waals surface area contributed by atoms with E-state index in [4.69, 9.17) is 0 Å². The van der Waals surface area contributed by atoms with E-state index >= 15 is 0 Å². The lowest BCUT2D eigenvalue weighted by Crippen LogP contribution is -2.71. The molecule has 2 aliphatic heterocycles. The van der Waals surface area contributed by atoms with E-state index in [1.807, 2.05) is 20.5 Å². The molecule has 204 valence electrons. The summed E-state index contributed by atoms with van der Waals surface area (Å²) in [5.41, 5.74) is -0.249. The molecule has 7 nitrogen and oxygen atoms in total. The first kappa shape index (κ1) is 24.7. The van der Waals surface area contributed by atoms with Crippen LogP contribution in [0, 0.1) is 16.7 Å². The Morgan fingerprint density at radius 1 is 1.08 bits per heavy atom. The molecule has 11 heteroatoms. The summed E-state index contributed by atoms with van der Waals surface area (Å²) in [5.74, 6) is 0.916. The average molecular weight is 548 g/mol. The van der Waals surface area contributed by atoms with Gasteiger partial charge in [-0.1, -0.05) is 6.07 Å². The molecule has 3 aliphatic carbocycles. The van der Waals surface area contributed by atoms with Gasteiger partial charge in [-0.3, -0.25) is 0 Å². The smallest absolute Gasteiger partial charge is 0.382 e. The number of hydrogen-bond acceptors (Lipinski definition) is 5. The van der Waals surface area contributed by atoms with Gasteiger partial charge in [-0.25, -0.2) is 14.5 Å². The molecule has 2 amide bonds. The minimum absolute atomic E-state index is 0.120. The summed E-state index contributed by atoms with van der Waals surface area (Å²) in [6.07, 6.45) is 5.11. The third-order valence-corrected chi connectivity index (χ3v) is 10.3. The van der Waals surface area contributed by atoms with Crippen molar-refractivity contribution in [2.45, 2.75) is 67.7 Å². The van der Waals surface area contributed by atoms with E-state index in [0.717, 1.165) is 82.0 Å². The Labute approximate surface area is 223 Å². The lowest BCUT2D eigenvalue weighted by atomic mass is 9.56. The summed E-state index contributed by atoms with van der Waals surface area (Å²) >= 11 is 1.13. The number of alkyl halides is 3. The second kappa shape index (κ2) is 8.13. The van der Waals surface area contributed by atoms with Gasteiger partial charge in [0.25, 0.3) is 0 Å². The number of nitrogens with zero attached hydrogens (tertiary/aromatic N) is 5. The van der Waals surface area contributed by atoms with Gasteiger partial charge in [0.1, 0.15) is 11.9 Å². The van der Waals surface area contributed by atoms with E-state index < -0.39 is 17.3 Å². The number of thioether (sulfide) groups is 1. The Morgan fingerprint density at radius 3 is 2.29 bits per heavy atom. The van der Waals surface area contributed by atoms with Gasteiger partial charge >= 0.3 is 12.2 Å². The number of likely N-dealkylation sites (tertiary alicyclic amines) is 2. The zero-order chi connectivity index (χ0) is 26.5. The van der Waals surface area contributed by atoms with Crippen LogP contribution in [0.5, 0.6) is 0 Å². The minimum atomic E-state index is -4.33. The highest BCUT2D eigenvalue weighted by Crippen LogP contribution is 2.56. The molecule has 1 N–H and O–H groups in total. The highest BCUT2D eigenvalue weighted by atomic mass is 32.2. The SMILES string of the molecule is CSc1ccc(CC2CC3(C2)CN(C(=O)N2CC4(CC(n5cnc(C6(O)CC6)n5)C4)C2)C3)cc1C(F)(F)F. The maximum absolute atomic E-state index is 13.4. The zero-order valence-corrected chi connectivity index (χ0v) is 22.2. The van der Waals surface area contributed by atoms with Crippen molar-refractivity contribution < 1.29 is 23.1 Å². The second-order valence-electron chi connectivity index (χ2n) is 12.6. The number of benzene rings is 1. The molecule has 2 aromatic rings. The van der Waals surface area contributed by atoms with Gasteiger partial charge in [-0.2, -0.15) is 18.3 Å². The molecule has 3 saturated carbocycles. The second-order valence-corrected chi connectivity index (χ2v) is 13.5. The summed E-state index contributed by atoms with van der Waals surface area (Å²) in [6.45, 7) is 3.09. The van der Waals surface area contributed by atoms with Crippen molar-refractivity contribution in [1.82, 2.24) is 24.6 Å². The number of amides is 2. The molecular formula is C27H32F3N5O2S. The Hall–Kier alpha value is -2.27. The van der Waals surface area contributed by atoms with E-state index in [1.54, 1.807) is 18.6 Å². The van der Waals surface area contributed by atoms with Crippen molar-refractivity contribution in [1.29, 1.82) is 0 Å². The summed E-state index contributed by atoms with van der Waals surface area (Å²) in [6, 6.07) is 5.14. The Balaban J connectivity index is 0.858. The van der Waals surface area contributed by atoms with Gasteiger partial charge in [0.05, 0.1) is 11.6 Å². The first-order valence-corrected chi connectivity index (χ1v) is 14.6. The molecule has 1 aromatic carbocycles. The highest BCUT2D eigenvalue weighted by molar-refractivity contribution is 7.98. The maximum Gasteiger partial charge on any atom is 0.417 e. The van der Waals surface area contributed by atoms with Crippen molar-refractivity contribution in [2.24, 2.45) is 16.7 Å². The molecule has 38 heavy (non-hydrogen) atoms. The first-order chi connectivity index (χ1) is 18.0. The number of halogens is 3. The highest BCUT2D eigenvalue weighted by Gasteiger charge is 2.58. The number of rotatable bonds is 5. The normalized spacial score (nSPS) is 25.1. The van der Waals surface area contributed by atoms with Crippen LogP contribution in [0.2, 0.25) is 0 Å². The van der Waals surface area contributed by atoms with Crippen molar-refractivity contribution in [3.8, 4) is 0 Å². The fourth-order valence-corrected chi connectivity index (χ4v) is 7.99. The van der Waals surface area contributed by atoms with Crippen LogP contribution in [0.4, 0.5) is 18.0 Å². The summed E-state index contributed by atoms with van der Waals surface area (Å²) < 4.78 is 42.1. The van der Waals surface area contributed by atoms with Crippen LogP contribution in [0.3, 0.4) is 0 Å². The minimum Gasteiger partial charge on any atom is -0.382 e. The molecular weight excluding hydrogens is 515 g/mol. The van der Waals surface area contributed by atoms with Gasteiger partial charge in [-0.05, 0) is 74.8 Å². The molecule has 3 heterocycles. The molecule has 5 fully saturated rings. The van der Waals surface area contributed by atoms with Crippen LogP contribution in [0.15, 0.2) is 29.4 Å². The number of aromatic nitrogens is 3. The van der Waals surface area contributed by atoms with Crippen molar-refractivity contribution in [3.63, 3.8) is 0 Å². The molecule has 1 aromatic heterocycles. The van der Waals surface area contributed by atoms with Crippen molar-refractivity contribution >= 4 is 17.8 Å². The third-order valence-electron chi connectivity index (χ3n) is 9.54. The Kier molecular flexibility index (Phi) is 5.29. The van der Waals surface area contributed by atoms with Crippen LogP contribution < -0.4 is 0 Å². The van der Waals surface area contributed by atoms with Crippen LogP contribution in [0.1, 0.15) is 61.5 Å². The largest absolute Gasteiger partial charge is 0.417 e. The molecule has 0 atom stereocenters. The summed E-state index contributed by atoms with van der Waals surface area (Å²) in [7, 11) is 0. The quantitative estimate of drug-likeness (QED) is 0.549. The van der Waals surface area contributed by atoms with Crippen molar-refractivity contribution in [3.05, 3.63) is 41.5 Å². The number of carbonyl (C=O) groups is 1. The van der Waals surface area contributed by atoms with Crippen LogP contribution >= 0.6 is 11.8 Å². The molecule has 5 aliphatic rings. The van der Waals surface area contributed by atoms with E-state index in [-0.39, 0.29) is 21.8 Å². The van der Waals surface area contributed by atoms with Gasteiger partial charge in [0.2, 0.25) is 0 Å². The van der Waals surface area contributed by atoms with Crippen LogP contribution in [0.25, 0.3) is 0 Å². The molecule has 2 spiro atoms. The number of urea groups is 1. The standard InChI is InChI=1S/C27H32F3N5O2S/c1-38-21-3-2-17(7-20(21)27(28,29)30)6-18-8-24(9-18)12-33(13-24)23(36)34-14-25(15-34)10-19(11-25)35-16-31-22(32-35)26(37)4-5-26/h2-3,7,16,18-19,37H,4-6,8-15H2,1H3. The van der Waals surface area contributed by atoms with E-state index in [0.29, 0.717) is 24.2 Å². The van der Waals surface area contributed by atoms with E-state index in [2.05, 4.69) is 10.1 Å².